The lowest BCUT2D eigenvalue weighted by Gasteiger charge is -2.08. The lowest BCUT2D eigenvalue weighted by Crippen LogP contribution is -2.33. The van der Waals surface area contributed by atoms with Gasteiger partial charge in [-0.05, 0) is 30.2 Å². The van der Waals surface area contributed by atoms with E-state index in [9.17, 15) is 9.59 Å². The third kappa shape index (κ3) is 4.23. The number of amides is 1. The molecule has 3 rings (SSSR count). The summed E-state index contributed by atoms with van der Waals surface area (Å²) in [6.07, 6.45) is 2.50. The smallest absolute Gasteiger partial charge is 0.267 e. The van der Waals surface area contributed by atoms with Gasteiger partial charge in [-0.25, -0.2) is 4.68 Å². The summed E-state index contributed by atoms with van der Waals surface area (Å²) in [6, 6.07) is 14.6. The molecule has 0 radical (unpaired) electrons. The number of furan rings is 1. The SMILES string of the molecule is CCc1ccc(-c2ccc(=O)n(CC(=O)NCc3ccco3)n2)cc1. The summed E-state index contributed by atoms with van der Waals surface area (Å²) < 4.78 is 6.32. The molecule has 2 aromatic heterocycles. The van der Waals surface area contributed by atoms with E-state index in [1.807, 2.05) is 24.3 Å². The highest BCUT2D eigenvalue weighted by Crippen LogP contribution is 2.16. The van der Waals surface area contributed by atoms with Crippen molar-refractivity contribution in [2.24, 2.45) is 0 Å². The fourth-order valence-corrected chi connectivity index (χ4v) is 2.42. The molecule has 0 fully saturated rings. The molecule has 0 saturated carbocycles. The van der Waals surface area contributed by atoms with Gasteiger partial charge in [0.2, 0.25) is 5.91 Å². The first-order valence-corrected chi connectivity index (χ1v) is 8.12. The maximum absolute atomic E-state index is 12.0. The van der Waals surface area contributed by atoms with Gasteiger partial charge in [0.15, 0.2) is 0 Å². The number of hydrogen-bond donors (Lipinski definition) is 1. The molecule has 0 atom stereocenters. The number of rotatable bonds is 6. The van der Waals surface area contributed by atoms with Gasteiger partial charge < -0.3 is 9.73 Å². The molecule has 0 spiro atoms. The van der Waals surface area contributed by atoms with Gasteiger partial charge in [-0.15, -0.1) is 0 Å². The Balaban J connectivity index is 1.72. The second-order valence-electron chi connectivity index (χ2n) is 5.62. The zero-order valence-corrected chi connectivity index (χ0v) is 13.9. The van der Waals surface area contributed by atoms with Crippen molar-refractivity contribution in [3.8, 4) is 11.3 Å². The number of benzene rings is 1. The van der Waals surface area contributed by atoms with Crippen LogP contribution in [0, 0.1) is 0 Å². The van der Waals surface area contributed by atoms with Gasteiger partial charge in [-0.1, -0.05) is 31.2 Å². The lowest BCUT2D eigenvalue weighted by molar-refractivity contribution is -0.122. The number of aryl methyl sites for hydroxylation is 1. The monoisotopic (exact) mass is 337 g/mol. The van der Waals surface area contributed by atoms with Crippen LogP contribution in [0.5, 0.6) is 0 Å². The summed E-state index contributed by atoms with van der Waals surface area (Å²) in [6.45, 7) is 2.23. The molecule has 1 aromatic carbocycles. The van der Waals surface area contributed by atoms with Crippen LogP contribution in [-0.2, 0) is 24.3 Å². The Labute approximate surface area is 145 Å². The average molecular weight is 337 g/mol. The van der Waals surface area contributed by atoms with Crippen LogP contribution >= 0.6 is 0 Å². The molecule has 1 N–H and O–H groups in total. The van der Waals surface area contributed by atoms with Gasteiger partial charge >= 0.3 is 0 Å². The van der Waals surface area contributed by atoms with Crippen molar-refractivity contribution in [1.29, 1.82) is 0 Å². The molecular formula is C19H19N3O3. The van der Waals surface area contributed by atoms with Crippen molar-refractivity contribution >= 4 is 5.91 Å². The van der Waals surface area contributed by atoms with E-state index in [4.69, 9.17) is 4.42 Å². The third-order valence-electron chi connectivity index (χ3n) is 3.86. The first kappa shape index (κ1) is 16.7. The van der Waals surface area contributed by atoms with Crippen LogP contribution in [0.15, 0.2) is 64.0 Å². The molecule has 128 valence electrons. The number of carbonyl (C=O) groups excluding carboxylic acids is 1. The van der Waals surface area contributed by atoms with Crippen molar-refractivity contribution in [3.63, 3.8) is 0 Å². The summed E-state index contributed by atoms with van der Waals surface area (Å²) >= 11 is 0. The Bertz CT molecular complexity index is 896. The van der Waals surface area contributed by atoms with E-state index in [1.165, 1.54) is 16.3 Å². The topological polar surface area (TPSA) is 77.1 Å². The van der Waals surface area contributed by atoms with Crippen molar-refractivity contribution in [2.45, 2.75) is 26.4 Å². The van der Waals surface area contributed by atoms with Crippen LogP contribution in [0.2, 0.25) is 0 Å². The second kappa shape index (κ2) is 7.61. The van der Waals surface area contributed by atoms with E-state index in [-0.39, 0.29) is 24.6 Å². The van der Waals surface area contributed by atoms with Gasteiger partial charge in [0, 0.05) is 11.6 Å². The molecule has 6 heteroatoms. The Hall–Kier alpha value is -3.15. The molecule has 0 aliphatic carbocycles. The van der Waals surface area contributed by atoms with E-state index >= 15 is 0 Å². The van der Waals surface area contributed by atoms with E-state index in [0.717, 1.165) is 12.0 Å². The number of nitrogens with zero attached hydrogens (tertiary/aromatic N) is 2. The van der Waals surface area contributed by atoms with Gasteiger partial charge in [0.05, 0.1) is 18.5 Å². The number of hydrogen-bond acceptors (Lipinski definition) is 4. The maximum Gasteiger partial charge on any atom is 0.267 e. The van der Waals surface area contributed by atoms with E-state index in [2.05, 4.69) is 17.3 Å². The quantitative estimate of drug-likeness (QED) is 0.749. The molecule has 0 saturated heterocycles. The maximum atomic E-state index is 12.0. The summed E-state index contributed by atoms with van der Waals surface area (Å²) in [5.74, 6) is 0.350. The number of aromatic nitrogens is 2. The van der Waals surface area contributed by atoms with Crippen LogP contribution in [0.25, 0.3) is 11.3 Å². The fourth-order valence-electron chi connectivity index (χ4n) is 2.42. The van der Waals surface area contributed by atoms with Gasteiger partial charge in [-0.2, -0.15) is 5.10 Å². The zero-order valence-electron chi connectivity index (χ0n) is 13.9. The Morgan fingerprint density at radius 3 is 2.64 bits per heavy atom. The molecule has 6 nitrogen and oxygen atoms in total. The largest absolute Gasteiger partial charge is 0.467 e. The first-order chi connectivity index (χ1) is 12.2. The lowest BCUT2D eigenvalue weighted by atomic mass is 10.1. The number of nitrogens with one attached hydrogen (secondary N) is 1. The minimum Gasteiger partial charge on any atom is -0.467 e. The highest BCUT2D eigenvalue weighted by atomic mass is 16.3. The molecule has 0 aliphatic rings. The summed E-state index contributed by atoms with van der Waals surface area (Å²) in [5.41, 5.74) is 2.47. The molecule has 0 aliphatic heterocycles. The standard InChI is InChI=1S/C19H19N3O3/c1-2-14-5-7-15(8-6-14)17-9-10-19(24)22(21-17)13-18(23)20-12-16-4-3-11-25-16/h3-11H,2,12-13H2,1H3,(H,20,23). The molecule has 0 unspecified atom stereocenters. The third-order valence-corrected chi connectivity index (χ3v) is 3.86. The number of carbonyl (C=O) groups is 1. The summed E-state index contributed by atoms with van der Waals surface area (Å²) in [5, 5.41) is 7.01. The summed E-state index contributed by atoms with van der Waals surface area (Å²) in [4.78, 5) is 24.0. The van der Waals surface area contributed by atoms with Crippen LogP contribution < -0.4 is 10.9 Å². The van der Waals surface area contributed by atoms with Crippen molar-refractivity contribution in [1.82, 2.24) is 15.1 Å². The van der Waals surface area contributed by atoms with E-state index in [1.54, 1.807) is 24.5 Å². The minimum absolute atomic E-state index is 0.138. The Morgan fingerprint density at radius 1 is 1.16 bits per heavy atom. The summed E-state index contributed by atoms with van der Waals surface area (Å²) in [7, 11) is 0. The average Bonchev–Trinajstić information content (AvgIpc) is 3.15. The van der Waals surface area contributed by atoms with Crippen molar-refractivity contribution < 1.29 is 9.21 Å². The molecular weight excluding hydrogens is 318 g/mol. The molecule has 2 heterocycles. The predicted octanol–water partition coefficient (Wildman–Crippen LogP) is 2.38. The molecule has 25 heavy (non-hydrogen) atoms. The minimum atomic E-state index is -0.318. The Morgan fingerprint density at radius 2 is 1.96 bits per heavy atom. The molecule has 3 aromatic rings. The normalized spacial score (nSPS) is 10.6. The Kier molecular flexibility index (Phi) is 5.09. The van der Waals surface area contributed by atoms with E-state index in [0.29, 0.717) is 11.5 Å². The van der Waals surface area contributed by atoms with Crippen LogP contribution in [0.4, 0.5) is 0 Å². The van der Waals surface area contributed by atoms with Gasteiger partial charge in [-0.3, -0.25) is 9.59 Å². The van der Waals surface area contributed by atoms with Gasteiger partial charge in [0.25, 0.3) is 5.56 Å². The van der Waals surface area contributed by atoms with E-state index < -0.39 is 0 Å². The molecule has 0 bridgehead atoms. The van der Waals surface area contributed by atoms with Crippen LogP contribution in [-0.4, -0.2) is 15.7 Å². The fraction of sp³-hybridized carbons (Fsp3) is 0.211. The zero-order chi connectivity index (χ0) is 17.6. The van der Waals surface area contributed by atoms with Crippen LogP contribution in [0.1, 0.15) is 18.2 Å². The highest BCUT2D eigenvalue weighted by molar-refractivity contribution is 5.75. The highest BCUT2D eigenvalue weighted by Gasteiger charge is 2.08. The van der Waals surface area contributed by atoms with Crippen molar-refractivity contribution in [3.05, 3.63) is 76.5 Å². The first-order valence-electron chi connectivity index (χ1n) is 8.12. The predicted molar refractivity (Wildman–Crippen MR) is 93.9 cm³/mol. The molecule has 1 amide bonds. The van der Waals surface area contributed by atoms with Gasteiger partial charge in [0.1, 0.15) is 12.3 Å². The van der Waals surface area contributed by atoms with Crippen LogP contribution in [0.3, 0.4) is 0 Å². The second-order valence-corrected chi connectivity index (χ2v) is 5.62. The van der Waals surface area contributed by atoms with Crippen molar-refractivity contribution in [2.75, 3.05) is 0 Å².